The van der Waals surface area contributed by atoms with E-state index in [1.807, 2.05) is 41.3 Å². The molecule has 1 amide bonds. The van der Waals surface area contributed by atoms with E-state index in [1.165, 1.54) is 0 Å². The summed E-state index contributed by atoms with van der Waals surface area (Å²) in [6.07, 6.45) is 0. The average molecular weight is 311 g/mol. The van der Waals surface area contributed by atoms with Gasteiger partial charge in [0.25, 0.3) is 0 Å². The molecule has 1 N–H and O–H groups in total. The molecule has 0 radical (unpaired) electrons. The molecule has 1 aliphatic rings. The second-order valence-electron chi connectivity index (χ2n) is 6.21. The van der Waals surface area contributed by atoms with E-state index in [0.717, 1.165) is 17.0 Å². The van der Waals surface area contributed by atoms with Crippen LogP contribution < -0.4 is 9.64 Å². The molecule has 3 rings (SSSR count). The van der Waals surface area contributed by atoms with Crippen molar-refractivity contribution in [3.63, 3.8) is 0 Å². The standard InChI is InChI=1S/C19H21NO3/c1-12(2)17-18(13-4-8-15(21)9-5-13)20(19(17)22)14-6-10-16(23-3)11-7-14/h4-12,17-18,21H,1-3H3/t17-,18-/m0/s1. The Bertz CT molecular complexity index is 692. The molecule has 120 valence electrons. The molecule has 0 spiro atoms. The SMILES string of the molecule is COc1ccc(N2C(=O)[C@@H](C(C)C)[C@@H]2c2ccc(O)cc2)cc1. The van der Waals surface area contributed by atoms with Crippen molar-refractivity contribution in [3.05, 3.63) is 54.1 Å². The number of benzene rings is 2. The third kappa shape index (κ3) is 2.65. The zero-order valence-electron chi connectivity index (χ0n) is 13.6. The Hall–Kier alpha value is -2.49. The molecule has 0 aliphatic carbocycles. The highest BCUT2D eigenvalue weighted by atomic mass is 16.5. The summed E-state index contributed by atoms with van der Waals surface area (Å²) in [5, 5.41) is 9.50. The van der Waals surface area contributed by atoms with Gasteiger partial charge in [-0.2, -0.15) is 0 Å². The Labute approximate surface area is 136 Å². The van der Waals surface area contributed by atoms with Crippen molar-refractivity contribution < 1.29 is 14.6 Å². The lowest BCUT2D eigenvalue weighted by Gasteiger charge is -2.49. The highest BCUT2D eigenvalue weighted by Crippen LogP contribution is 2.47. The first-order valence-corrected chi connectivity index (χ1v) is 7.79. The number of anilines is 1. The Morgan fingerprint density at radius 2 is 1.65 bits per heavy atom. The molecule has 0 aromatic heterocycles. The molecule has 4 heteroatoms. The van der Waals surface area contributed by atoms with Gasteiger partial charge >= 0.3 is 0 Å². The van der Waals surface area contributed by atoms with Gasteiger partial charge in [-0.25, -0.2) is 0 Å². The van der Waals surface area contributed by atoms with E-state index in [-0.39, 0.29) is 29.5 Å². The molecule has 1 saturated heterocycles. The number of carbonyl (C=O) groups excluding carboxylic acids is 1. The van der Waals surface area contributed by atoms with Crippen molar-refractivity contribution in [3.8, 4) is 11.5 Å². The maximum atomic E-state index is 12.7. The molecule has 2 aromatic rings. The van der Waals surface area contributed by atoms with E-state index >= 15 is 0 Å². The summed E-state index contributed by atoms with van der Waals surface area (Å²) in [6.45, 7) is 4.14. The van der Waals surface area contributed by atoms with E-state index < -0.39 is 0 Å². The van der Waals surface area contributed by atoms with Crippen LogP contribution in [0, 0.1) is 11.8 Å². The maximum absolute atomic E-state index is 12.7. The Morgan fingerprint density at radius 1 is 1.04 bits per heavy atom. The maximum Gasteiger partial charge on any atom is 0.233 e. The number of carbonyl (C=O) groups is 1. The number of phenols is 1. The predicted molar refractivity (Wildman–Crippen MR) is 89.7 cm³/mol. The van der Waals surface area contributed by atoms with Gasteiger partial charge in [-0.15, -0.1) is 0 Å². The minimum atomic E-state index is -0.0401. The number of rotatable bonds is 4. The number of β-lactam (4-membered cyclic amide) rings is 1. The van der Waals surface area contributed by atoms with Crippen LogP contribution in [0.15, 0.2) is 48.5 Å². The van der Waals surface area contributed by atoms with Gasteiger partial charge < -0.3 is 14.7 Å². The topological polar surface area (TPSA) is 49.8 Å². The van der Waals surface area contributed by atoms with Gasteiger partial charge in [-0.1, -0.05) is 26.0 Å². The smallest absolute Gasteiger partial charge is 0.233 e. The van der Waals surface area contributed by atoms with E-state index in [2.05, 4.69) is 13.8 Å². The van der Waals surface area contributed by atoms with Crippen LogP contribution in [-0.4, -0.2) is 18.1 Å². The number of hydrogen-bond donors (Lipinski definition) is 1. The lowest BCUT2D eigenvalue weighted by atomic mass is 9.75. The molecule has 1 fully saturated rings. The van der Waals surface area contributed by atoms with Gasteiger partial charge in [0.2, 0.25) is 5.91 Å². The van der Waals surface area contributed by atoms with Crippen LogP contribution >= 0.6 is 0 Å². The van der Waals surface area contributed by atoms with Gasteiger partial charge in [-0.3, -0.25) is 4.79 Å². The van der Waals surface area contributed by atoms with Gasteiger partial charge in [0.1, 0.15) is 11.5 Å². The highest BCUT2D eigenvalue weighted by molar-refractivity contribution is 6.03. The van der Waals surface area contributed by atoms with Gasteiger partial charge in [0, 0.05) is 5.69 Å². The second-order valence-corrected chi connectivity index (χ2v) is 6.21. The van der Waals surface area contributed by atoms with Crippen LogP contribution in [0.1, 0.15) is 25.5 Å². The van der Waals surface area contributed by atoms with Crippen LogP contribution in [0.25, 0.3) is 0 Å². The van der Waals surface area contributed by atoms with Crippen molar-refractivity contribution in [2.24, 2.45) is 11.8 Å². The molecule has 0 unspecified atom stereocenters. The molecule has 4 nitrogen and oxygen atoms in total. The summed E-state index contributed by atoms with van der Waals surface area (Å²) in [6, 6.07) is 14.6. The molecule has 23 heavy (non-hydrogen) atoms. The minimum Gasteiger partial charge on any atom is -0.508 e. The second kappa shape index (κ2) is 5.95. The Morgan fingerprint density at radius 3 is 2.17 bits per heavy atom. The van der Waals surface area contributed by atoms with Crippen molar-refractivity contribution >= 4 is 11.6 Å². The van der Waals surface area contributed by atoms with Crippen LogP contribution in [0.2, 0.25) is 0 Å². The van der Waals surface area contributed by atoms with E-state index in [1.54, 1.807) is 19.2 Å². The number of phenolic OH excluding ortho intramolecular Hbond substituents is 1. The minimum absolute atomic E-state index is 0.00325. The first kappa shape index (κ1) is 15.4. The summed E-state index contributed by atoms with van der Waals surface area (Å²) in [4.78, 5) is 14.5. The lowest BCUT2D eigenvalue weighted by molar-refractivity contribution is -0.132. The predicted octanol–water partition coefficient (Wildman–Crippen LogP) is 3.76. The molecule has 0 saturated carbocycles. The summed E-state index contributed by atoms with van der Waals surface area (Å²) < 4.78 is 5.18. The zero-order valence-corrected chi connectivity index (χ0v) is 13.6. The fraction of sp³-hybridized carbons (Fsp3) is 0.316. The number of hydrogen-bond acceptors (Lipinski definition) is 3. The van der Waals surface area contributed by atoms with Crippen LogP contribution in [0.3, 0.4) is 0 Å². The molecular formula is C19H21NO3. The summed E-state index contributed by atoms with van der Waals surface area (Å²) in [5.74, 6) is 1.36. The lowest BCUT2D eigenvalue weighted by Crippen LogP contribution is -2.57. The molecule has 2 aromatic carbocycles. The van der Waals surface area contributed by atoms with Crippen LogP contribution in [-0.2, 0) is 4.79 Å². The van der Waals surface area contributed by atoms with E-state index in [9.17, 15) is 9.90 Å². The molecular weight excluding hydrogens is 290 g/mol. The third-order valence-electron chi connectivity index (χ3n) is 4.44. The van der Waals surface area contributed by atoms with Gasteiger partial charge in [-0.05, 0) is 47.9 Å². The number of ether oxygens (including phenoxy) is 1. The monoisotopic (exact) mass is 311 g/mol. The quantitative estimate of drug-likeness (QED) is 0.875. The molecule has 2 atom stereocenters. The van der Waals surface area contributed by atoms with Crippen molar-refractivity contribution in [1.82, 2.24) is 0 Å². The fourth-order valence-electron chi connectivity index (χ4n) is 3.22. The largest absolute Gasteiger partial charge is 0.508 e. The van der Waals surface area contributed by atoms with Crippen LogP contribution in [0.4, 0.5) is 5.69 Å². The zero-order chi connectivity index (χ0) is 16.6. The summed E-state index contributed by atoms with van der Waals surface area (Å²) >= 11 is 0. The van der Waals surface area contributed by atoms with Gasteiger partial charge in [0.05, 0.1) is 19.1 Å². The normalized spacial score (nSPS) is 20.5. The summed E-state index contributed by atoms with van der Waals surface area (Å²) in [7, 11) is 1.62. The molecule has 0 bridgehead atoms. The average Bonchev–Trinajstić information content (AvgIpc) is 2.54. The van der Waals surface area contributed by atoms with Gasteiger partial charge in [0.15, 0.2) is 0 Å². The van der Waals surface area contributed by atoms with Crippen molar-refractivity contribution in [1.29, 1.82) is 0 Å². The number of methoxy groups -OCH3 is 1. The molecule has 1 heterocycles. The van der Waals surface area contributed by atoms with Crippen molar-refractivity contribution in [2.75, 3.05) is 12.0 Å². The number of amides is 1. The van der Waals surface area contributed by atoms with E-state index in [4.69, 9.17) is 4.74 Å². The Kier molecular flexibility index (Phi) is 3.99. The van der Waals surface area contributed by atoms with Crippen LogP contribution in [0.5, 0.6) is 11.5 Å². The number of aromatic hydroxyl groups is 1. The van der Waals surface area contributed by atoms with Crippen molar-refractivity contribution in [2.45, 2.75) is 19.9 Å². The summed E-state index contributed by atoms with van der Waals surface area (Å²) in [5.41, 5.74) is 1.91. The number of nitrogens with zero attached hydrogens (tertiary/aromatic N) is 1. The first-order valence-electron chi connectivity index (χ1n) is 7.79. The fourth-order valence-corrected chi connectivity index (χ4v) is 3.22. The Balaban J connectivity index is 1.96. The van der Waals surface area contributed by atoms with E-state index in [0.29, 0.717) is 0 Å². The highest BCUT2D eigenvalue weighted by Gasteiger charge is 2.49. The third-order valence-corrected chi connectivity index (χ3v) is 4.44. The molecule has 1 aliphatic heterocycles. The first-order chi connectivity index (χ1) is 11.0.